The van der Waals surface area contributed by atoms with Crippen LogP contribution in [0.5, 0.6) is 11.5 Å². The van der Waals surface area contributed by atoms with Crippen LogP contribution in [0.3, 0.4) is 0 Å². The molecule has 0 heterocycles. The number of carbonyl (C=O) groups excluding carboxylic acids is 2. The van der Waals surface area contributed by atoms with Gasteiger partial charge in [0, 0.05) is 15.7 Å². The zero-order valence-corrected chi connectivity index (χ0v) is 21.9. The number of amides is 2. The molecule has 182 valence electrons. The van der Waals surface area contributed by atoms with Crippen molar-refractivity contribution in [3.63, 3.8) is 0 Å². The Hall–Kier alpha value is -3.36. The molecule has 0 saturated carbocycles. The number of hydrazone groups is 1. The molecular weight excluding hydrogens is 534 g/mol. The number of rotatable bonds is 9. The molecule has 0 fully saturated rings. The van der Waals surface area contributed by atoms with Crippen LogP contribution in [-0.4, -0.2) is 31.2 Å². The summed E-state index contributed by atoms with van der Waals surface area (Å²) in [5, 5.41) is 7.09. The molecule has 0 aliphatic heterocycles. The molecule has 0 atom stereocenters. The number of nitrogens with one attached hydrogen (secondary N) is 2. The zero-order valence-electron chi connectivity index (χ0n) is 19.5. The Labute approximate surface area is 217 Å². The summed E-state index contributed by atoms with van der Waals surface area (Å²) in [5.74, 6) is -0.0564. The fraction of sp³-hybridized carbons (Fsp3) is 0.192. The van der Waals surface area contributed by atoms with E-state index in [0.717, 1.165) is 21.3 Å². The minimum absolute atomic E-state index is 0.246. The van der Waals surface area contributed by atoms with E-state index in [1.165, 1.54) is 6.21 Å². The van der Waals surface area contributed by atoms with Gasteiger partial charge in [-0.1, -0.05) is 39.7 Å². The first-order valence-electron chi connectivity index (χ1n) is 10.8. The summed E-state index contributed by atoms with van der Waals surface area (Å²) in [5.41, 5.74) is 6.33. The lowest BCUT2D eigenvalue weighted by atomic mass is 10.1. The molecule has 0 aliphatic carbocycles. The van der Waals surface area contributed by atoms with Crippen molar-refractivity contribution in [2.45, 2.75) is 20.8 Å². The Kier molecular flexibility index (Phi) is 9.28. The van der Waals surface area contributed by atoms with E-state index in [-0.39, 0.29) is 29.2 Å². The molecule has 2 N–H and O–H groups in total. The maximum atomic E-state index is 12.5. The summed E-state index contributed by atoms with van der Waals surface area (Å²) in [4.78, 5) is 24.7. The first-order chi connectivity index (χ1) is 16.8. The SMILES string of the molecule is CCOc1cc(/C=N/NC(=O)c2ccc(Br)cc2)cc(Cl)c1OCC(=O)Nc1cccc(C)c1C. The topological polar surface area (TPSA) is 89.0 Å². The quantitative estimate of drug-likeness (QED) is 0.253. The minimum Gasteiger partial charge on any atom is -0.490 e. The highest BCUT2D eigenvalue weighted by Crippen LogP contribution is 2.36. The van der Waals surface area contributed by atoms with Crippen LogP contribution >= 0.6 is 27.5 Å². The standard InChI is InChI=1S/C26H25BrClN3O4/c1-4-34-23-13-18(14-29-31-26(33)19-8-10-20(27)11-9-19)12-21(28)25(23)35-15-24(32)30-22-7-5-6-16(2)17(22)3/h5-14H,4,15H2,1-3H3,(H,30,32)(H,31,33)/b29-14+. The van der Waals surface area contributed by atoms with Gasteiger partial charge in [0.2, 0.25) is 0 Å². The molecule has 0 aromatic heterocycles. The Morgan fingerprint density at radius 1 is 1.09 bits per heavy atom. The van der Waals surface area contributed by atoms with Gasteiger partial charge in [-0.05, 0) is 79.9 Å². The van der Waals surface area contributed by atoms with Gasteiger partial charge >= 0.3 is 0 Å². The van der Waals surface area contributed by atoms with Crippen LogP contribution in [0.1, 0.15) is 34.0 Å². The van der Waals surface area contributed by atoms with E-state index in [4.69, 9.17) is 21.1 Å². The van der Waals surface area contributed by atoms with E-state index in [2.05, 4.69) is 31.8 Å². The number of hydrogen-bond donors (Lipinski definition) is 2. The molecule has 35 heavy (non-hydrogen) atoms. The fourth-order valence-electron chi connectivity index (χ4n) is 3.11. The molecule has 2 amide bonds. The van der Waals surface area contributed by atoms with E-state index in [0.29, 0.717) is 23.5 Å². The van der Waals surface area contributed by atoms with Gasteiger partial charge in [0.1, 0.15) is 0 Å². The number of hydrogen-bond acceptors (Lipinski definition) is 5. The van der Waals surface area contributed by atoms with Crippen LogP contribution in [0.2, 0.25) is 5.02 Å². The largest absolute Gasteiger partial charge is 0.490 e. The van der Waals surface area contributed by atoms with Crippen molar-refractivity contribution < 1.29 is 19.1 Å². The molecule has 0 radical (unpaired) electrons. The summed E-state index contributed by atoms with van der Waals surface area (Å²) in [6, 6.07) is 15.9. The number of ether oxygens (including phenoxy) is 2. The maximum Gasteiger partial charge on any atom is 0.271 e. The highest BCUT2D eigenvalue weighted by atomic mass is 79.9. The lowest BCUT2D eigenvalue weighted by Gasteiger charge is -2.15. The average Bonchev–Trinajstić information content (AvgIpc) is 2.82. The van der Waals surface area contributed by atoms with Gasteiger partial charge in [0.25, 0.3) is 11.8 Å². The molecular formula is C26H25BrClN3O4. The Morgan fingerprint density at radius 2 is 1.83 bits per heavy atom. The third-order valence-electron chi connectivity index (χ3n) is 5.04. The van der Waals surface area contributed by atoms with E-state index in [1.54, 1.807) is 36.4 Å². The molecule has 3 rings (SSSR count). The predicted octanol–water partition coefficient (Wildman–Crippen LogP) is 5.90. The highest BCUT2D eigenvalue weighted by molar-refractivity contribution is 9.10. The molecule has 0 bridgehead atoms. The van der Waals surface area contributed by atoms with Gasteiger partial charge in [-0.3, -0.25) is 9.59 Å². The average molecular weight is 559 g/mol. The van der Waals surface area contributed by atoms with Gasteiger partial charge in [0.05, 0.1) is 17.8 Å². The van der Waals surface area contributed by atoms with Crippen molar-refractivity contribution in [1.82, 2.24) is 5.43 Å². The Balaban J connectivity index is 1.67. The van der Waals surface area contributed by atoms with E-state index < -0.39 is 0 Å². The second-order valence-electron chi connectivity index (χ2n) is 7.55. The predicted molar refractivity (Wildman–Crippen MR) is 142 cm³/mol. The first kappa shape index (κ1) is 26.2. The summed E-state index contributed by atoms with van der Waals surface area (Å²) in [6.07, 6.45) is 1.45. The number of anilines is 1. The molecule has 7 nitrogen and oxygen atoms in total. The molecule has 0 aliphatic rings. The van der Waals surface area contributed by atoms with Gasteiger partial charge in [-0.15, -0.1) is 0 Å². The van der Waals surface area contributed by atoms with Crippen LogP contribution in [0.15, 0.2) is 64.2 Å². The molecule has 0 saturated heterocycles. The normalized spacial score (nSPS) is 10.8. The van der Waals surface area contributed by atoms with Crippen molar-refractivity contribution in [3.05, 3.63) is 86.3 Å². The zero-order chi connectivity index (χ0) is 25.4. The van der Waals surface area contributed by atoms with Crippen molar-refractivity contribution in [3.8, 4) is 11.5 Å². The molecule has 0 spiro atoms. The lowest BCUT2D eigenvalue weighted by Crippen LogP contribution is -2.21. The number of carbonyl (C=O) groups is 2. The second-order valence-corrected chi connectivity index (χ2v) is 8.88. The summed E-state index contributed by atoms with van der Waals surface area (Å²) < 4.78 is 12.2. The van der Waals surface area contributed by atoms with Crippen molar-refractivity contribution in [2.24, 2.45) is 5.10 Å². The number of nitrogens with zero attached hydrogens (tertiary/aromatic N) is 1. The van der Waals surface area contributed by atoms with Crippen LogP contribution in [0.25, 0.3) is 0 Å². The van der Waals surface area contributed by atoms with Crippen molar-refractivity contribution in [1.29, 1.82) is 0 Å². The van der Waals surface area contributed by atoms with Crippen molar-refractivity contribution >= 4 is 51.2 Å². The van der Waals surface area contributed by atoms with Gasteiger partial charge in [-0.25, -0.2) is 5.43 Å². The second kappa shape index (κ2) is 12.4. The van der Waals surface area contributed by atoms with Gasteiger partial charge < -0.3 is 14.8 Å². The summed E-state index contributed by atoms with van der Waals surface area (Å²) in [6.45, 7) is 5.86. The van der Waals surface area contributed by atoms with Crippen LogP contribution in [0, 0.1) is 13.8 Å². The van der Waals surface area contributed by atoms with Crippen LogP contribution in [-0.2, 0) is 4.79 Å². The minimum atomic E-state index is -0.348. The van der Waals surface area contributed by atoms with Crippen molar-refractivity contribution in [2.75, 3.05) is 18.5 Å². The van der Waals surface area contributed by atoms with E-state index in [1.807, 2.05) is 39.0 Å². The fourth-order valence-corrected chi connectivity index (χ4v) is 3.65. The third-order valence-corrected chi connectivity index (χ3v) is 5.85. The number of benzene rings is 3. The van der Waals surface area contributed by atoms with E-state index >= 15 is 0 Å². The maximum absolute atomic E-state index is 12.5. The molecule has 3 aromatic rings. The van der Waals surface area contributed by atoms with Gasteiger partial charge in [0.15, 0.2) is 18.1 Å². The molecule has 0 unspecified atom stereocenters. The number of aryl methyl sites for hydroxylation is 1. The monoisotopic (exact) mass is 557 g/mol. The van der Waals surface area contributed by atoms with E-state index in [9.17, 15) is 9.59 Å². The third kappa shape index (κ3) is 7.31. The highest BCUT2D eigenvalue weighted by Gasteiger charge is 2.15. The Morgan fingerprint density at radius 3 is 2.54 bits per heavy atom. The van der Waals surface area contributed by atoms with Gasteiger partial charge in [-0.2, -0.15) is 5.10 Å². The number of halogens is 2. The van der Waals surface area contributed by atoms with Crippen LogP contribution in [0.4, 0.5) is 5.69 Å². The summed E-state index contributed by atoms with van der Waals surface area (Å²) >= 11 is 9.75. The first-order valence-corrected chi connectivity index (χ1v) is 12.0. The Bertz CT molecular complexity index is 1250. The van der Waals surface area contributed by atoms with Crippen LogP contribution < -0.4 is 20.2 Å². The lowest BCUT2D eigenvalue weighted by molar-refractivity contribution is -0.118. The molecule has 3 aromatic carbocycles. The summed E-state index contributed by atoms with van der Waals surface area (Å²) in [7, 11) is 0. The molecule has 9 heteroatoms. The smallest absolute Gasteiger partial charge is 0.271 e.